The highest BCUT2D eigenvalue weighted by Gasteiger charge is 2.33. The molecule has 2 aromatic carbocycles. The van der Waals surface area contributed by atoms with Crippen LogP contribution in [0.1, 0.15) is 30.9 Å². The molecule has 0 spiro atoms. The smallest absolute Gasteiger partial charge is 0.504 e. The maximum absolute atomic E-state index is 13.0. The minimum atomic E-state index is -5.02. The van der Waals surface area contributed by atoms with E-state index in [-0.39, 0.29) is 28.2 Å². The van der Waals surface area contributed by atoms with E-state index >= 15 is 0 Å². The standard InChI is InChI=1S/C23H18F6O5/c1-12-6-15(8-13-2-4-17(30)19(10-13)33-22(24,25)26)21(32)16(7-12)9-14-3-5-18(31)20(11-14)34-23(27,28)29/h2-5,8-12,30-31H,6-7H2,1H3. The Morgan fingerprint density at radius 3 is 1.53 bits per heavy atom. The van der Waals surface area contributed by atoms with Gasteiger partial charge in [0.2, 0.25) is 0 Å². The van der Waals surface area contributed by atoms with Gasteiger partial charge in [0.1, 0.15) is 0 Å². The average Bonchev–Trinajstić information content (AvgIpc) is 2.68. The van der Waals surface area contributed by atoms with Crippen LogP contribution in [-0.2, 0) is 4.79 Å². The predicted octanol–water partition coefficient (Wildman–Crippen LogP) is 6.36. The number of Topliss-reactive ketones (excluding diaryl/α,β-unsaturated/α-hetero) is 1. The van der Waals surface area contributed by atoms with E-state index in [9.17, 15) is 41.4 Å². The Morgan fingerprint density at radius 2 is 1.18 bits per heavy atom. The van der Waals surface area contributed by atoms with E-state index in [2.05, 4.69) is 9.47 Å². The SMILES string of the molecule is CC1CC(=Cc2ccc(O)c(OC(F)(F)F)c2)C(=O)C(=Cc2ccc(O)c(OC(F)(F)F)c2)C1. The van der Waals surface area contributed by atoms with E-state index in [0.717, 1.165) is 24.3 Å². The summed E-state index contributed by atoms with van der Waals surface area (Å²) in [6, 6.07) is 6.49. The van der Waals surface area contributed by atoms with Gasteiger partial charge in [-0.15, -0.1) is 26.3 Å². The fourth-order valence-corrected chi connectivity index (χ4v) is 3.52. The Balaban J connectivity index is 1.92. The summed E-state index contributed by atoms with van der Waals surface area (Å²) in [5.74, 6) is -3.59. The molecule has 2 N–H and O–H groups in total. The molecular formula is C23H18F6O5. The number of alkyl halides is 6. The Labute approximate surface area is 189 Å². The molecule has 2 aromatic rings. The largest absolute Gasteiger partial charge is 0.573 e. The molecule has 1 saturated carbocycles. The average molecular weight is 488 g/mol. The molecule has 0 amide bonds. The summed E-state index contributed by atoms with van der Waals surface area (Å²) < 4.78 is 82.7. The quantitative estimate of drug-likeness (QED) is 0.387. The molecule has 34 heavy (non-hydrogen) atoms. The molecule has 0 aliphatic heterocycles. The molecule has 11 heteroatoms. The first-order valence-electron chi connectivity index (χ1n) is 9.83. The van der Waals surface area contributed by atoms with E-state index in [1.165, 1.54) is 24.3 Å². The zero-order chi connectivity index (χ0) is 25.3. The van der Waals surface area contributed by atoms with E-state index in [1.807, 2.05) is 6.92 Å². The topological polar surface area (TPSA) is 76.0 Å². The van der Waals surface area contributed by atoms with Gasteiger partial charge in [-0.05, 0) is 66.3 Å². The molecule has 0 bridgehead atoms. The molecule has 1 fully saturated rings. The van der Waals surface area contributed by atoms with Gasteiger partial charge in [-0.3, -0.25) is 4.79 Å². The van der Waals surface area contributed by atoms with Gasteiger partial charge in [0.25, 0.3) is 0 Å². The molecule has 0 aromatic heterocycles. The maximum Gasteiger partial charge on any atom is 0.573 e. The molecule has 0 atom stereocenters. The van der Waals surface area contributed by atoms with Crippen molar-refractivity contribution in [2.75, 3.05) is 0 Å². The number of phenols is 2. The van der Waals surface area contributed by atoms with Crippen LogP contribution < -0.4 is 9.47 Å². The number of benzene rings is 2. The molecule has 0 saturated heterocycles. The van der Waals surface area contributed by atoms with Crippen molar-refractivity contribution in [3.8, 4) is 23.0 Å². The van der Waals surface area contributed by atoms with Crippen molar-refractivity contribution in [1.29, 1.82) is 0 Å². The van der Waals surface area contributed by atoms with Crippen LogP contribution in [0.4, 0.5) is 26.3 Å². The number of aromatic hydroxyl groups is 2. The summed E-state index contributed by atoms with van der Waals surface area (Å²) in [7, 11) is 0. The van der Waals surface area contributed by atoms with Crippen LogP contribution in [0.5, 0.6) is 23.0 Å². The first-order valence-corrected chi connectivity index (χ1v) is 9.83. The number of hydrogen-bond acceptors (Lipinski definition) is 5. The number of hydrogen-bond donors (Lipinski definition) is 2. The Morgan fingerprint density at radius 1 is 0.794 bits per heavy atom. The summed E-state index contributed by atoms with van der Waals surface area (Å²) in [5, 5.41) is 19.2. The van der Waals surface area contributed by atoms with E-state index in [0.29, 0.717) is 12.8 Å². The Hall–Kier alpha value is -3.63. The molecule has 0 unspecified atom stereocenters. The number of carbonyl (C=O) groups excluding carboxylic acids is 1. The van der Waals surface area contributed by atoms with Crippen LogP contribution in [0.2, 0.25) is 0 Å². The molecule has 0 heterocycles. The normalized spacial score (nSPS) is 19.5. The second-order valence-corrected chi connectivity index (χ2v) is 7.73. The number of rotatable bonds is 4. The third-order valence-electron chi connectivity index (χ3n) is 4.82. The van der Waals surface area contributed by atoms with Crippen LogP contribution in [0.15, 0.2) is 47.5 Å². The highest BCUT2D eigenvalue weighted by molar-refractivity contribution is 6.14. The lowest BCUT2D eigenvalue weighted by atomic mass is 9.81. The van der Waals surface area contributed by atoms with Gasteiger partial charge < -0.3 is 19.7 Å². The van der Waals surface area contributed by atoms with Crippen molar-refractivity contribution in [3.05, 3.63) is 58.7 Å². The van der Waals surface area contributed by atoms with E-state index < -0.39 is 41.5 Å². The highest BCUT2D eigenvalue weighted by atomic mass is 19.4. The Kier molecular flexibility index (Phi) is 6.85. The monoisotopic (exact) mass is 488 g/mol. The number of ether oxygens (including phenoxy) is 2. The zero-order valence-electron chi connectivity index (χ0n) is 17.5. The van der Waals surface area contributed by atoms with Crippen molar-refractivity contribution in [2.24, 2.45) is 5.92 Å². The summed E-state index contributed by atoms with van der Waals surface area (Å²) >= 11 is 0. The van der Waals surface area contributed by atoms with Crippen molar-refractivity contribution in [1.82, 2.24) is 0 Å². The predicted molar refractivity (Wildman–Crippen MR) is 109 cm³/mol. The van der Waals surface area contributed by atoms with Crippen LogP contribution >= 0.6 is 0 Å². The summed E-state index contributed by atoms with van der Waals surface area (Å²) in [4.78, 5) is 13.0. The third-order valence-corrected chi connectivity index (χ3v) is 4.82. The van der Waals surface area contributed by atoms with Crippen molar-refractivity contribution >= 4 is 17.9 Å². The van der Waals surface area contributed by atoms with Gasteiger partial charge in [0.15, 0.2) is 28.8 Å². The lowest BCUT2D eigenvalue weighted by Gasteiger charge is -2.23. The Bertz CT molecular complexity index is 1060. The lowest BCUT2D eigenvalue weighted by molar-refractivity contribution is -0.276. The molecule has 0 radical (unpaired) electrons. The van der Waals surface area contributed by atoms with Crippen LogP contribution in [0.25, 0.3) is 12.2 Å². The van der Waals surface area contributed by atoms with Gasteiger partial charge in [-0.25, -0.2) is 0 Å². The summed E-state index contributed by atoms with van der Waals surface area (Å²) in [6.07, 6.45) is -6.69. The van der Waals surface area contributed by atoms with Gasteiger partial charge in [-0.2, -0.15) is 0 Å². The fraction of sp³-hybridized carbons (Fsp3) is 0.261. The highest BCUT2D eigenvalue weighted by Crippen LogP contribution is 2.37. The lowest BCUT2D eigenvalue weighted by Crippen LogP contribution is -2.18. The van der Waals surface area contributed by atoms with Crippen LogP contribution in [0, 0.1) is 5.92 Å². The van der Waals surface area contributed by atoms with E-state index in [4.69, 9.17) is 0 Å². The van der Waals surface area contributed by atoms with Gasteiger partial charge >= 0.3 is 12.7 Å². The summed E-state index contributed by atoms with van der Waals surface area (Å²) in [6.45, 7) is 1.83. The molecule has 1 aliphatic carbocycles. The van der Waals surface area contributed by atoms with Crippen molar-refractivity contribution in [2.45, 2.75) is 32.5 Å². The number of ketones is 1. The number of allylic oxidation sites excluding steroid dienone is 2. The number of halogens is 6. The van der Waals surface area contributed by atoms with Gasteiger partial charge in [0, 0.05) is 11.1 Å². The molecular weight excluding hydrogens is 470 g/mol. The molecule has 182 valence electrons. The minimum absolute atomic E-state index is 0.0544. The van der Waals surface area contributed by atoms with E-state index in [1.54, 1.807) is 0 Å². The minimum Gasteiger partial charge on any atom is -0.504 e. The molecule has 3 rings (SSSR count). The van der Waals surface area contributed by atoms with Gasteiger partial charge in [-0.1, -0.05) is 19.1 Å². The van der Waals surface area contributed by atoms with Crippen molar-refractivity contribution in [3.63, 3.8) is 0 Å². The molecule has 5 nitrogen and oxygen atoms in total. The first kappa shape index (κ1) is 25.0. The molecule has 1 aliphatic rings. The van der Waals surface area contributed by atoms with Crippen LogP contribution in [0.3, 0.4) is 0 Å². The zero-order valence-corrected chi connectivity index (χ0v) is 17.5. The maximum atomic E-state index is 13.0. The van der Waals surface area contributed by atoms with Gasteiger partial charge in [0.05, 0.1) is 0 Å². The summed E-state index contributed by atoms with van der Waals surface area (Å²) in [5.41, 5.74) is 0.886. The van der Waals surface area contributed by atoms with Crippen molar-refractivity contribution < 1.29 is 50.8 Å². The van der Waals surface area contributed by atoms with Crippen LogP contribution in [-0.4, -0.2) is 28.7 Å². The number of carbonyl (C=O) groups is 1. The first-order chi connectivity index (χ1) is 15.7. The third kappa shape index (κ3) is 6.69. The second-order valence-electron chi connectivity index (χ2n) is 7.73. The fourth-order valence-electron chi connectivity index (χ4n) is 3.52. The second kappa shape index (κ2) is 9.32. The number of phenolic OH excluding ortho intramolecular Hbond substituents is 2.